The monoisotopic (exact) mass is 322 g/mol. The van der Waals surface area contributed by atoms with Crippen LogP contribution in [0.1, 0.15) is 10.4 Å². The molecular formula is C18H18N4O2. The molecule has 0 bridgehead atoms. The predicted octanol–water partition coefficient (Wildman–Crippen LogP) is 3.23. The largest absolute Gasteiger partial charge is 0.465 e. The minimum Gasteiger partial charge on any atom is -0.465 e. The summed E-state index contributed by atoms with van der Waals surface area (Å²) in [5.74, 6) is -0.416. The molecule has 1 N–H and O–H groups in total. The molecule has 0 unspecified atom stereocenters. The van der Waals surface area contributed by atoms with E-state index in [0.29, 0.717) is 11.3 Å². The molecule has 0 saturated carbocycles. The Kier molecular flexibility index (Phi) is 4.29. The highest BCUT2D eigenvalue weighted by Crippen LogP contribution is 2.28. The van der Waals surface area contributed by atoms with Crippen LogP contribution in [-0.4, -0.2) is 37.1 Å². The number of nitrogens with one attached hydrogen (secondary N) is 1. The molecule has 122 valence electrons. The van der Waals surface area contributed by atoms with E-state index < -0.39 is 5.97 Å². The number of methoxy groups -OCH3 is 1. The lowest BCUT2D eigenvalue weighted by Crippen LogP contribution is -2.08. The number of ether oxygens (including phenoxy) is 1. The molecule has 0 radical (unpaired) electrons. The third-order valence-electron chi connectivity index (χ3n) is 3.68. The smallest absolute Gasteiger partial charge is 0.339 e. The molecule has 0 atom stereocenters. The van der Waals surface area contributed by atoms with Crippen LogP contribution >= 0.6 is 0 Å². The zero-order chi connectivity index (χ0) is 17.1. The van der Waals surface area contributed by atoms with Gasteiger partial charge in [0.1, 0.15) is 0 Å². The van der Waals surface area contributed by atoms with Crippen LogP contribution in [0, 0.1) is 0 Å². The highest BCUT2D eigenvalue weighted by Gasteiger charge is 2.09. The number of carbonyl (C=O) groups is 1. The Balaban J connectivity index is 2.01. The van der Waals surface area contributed by atoms with E-state index >= 15 is 0 Å². The fourth-order valence-corrected chi connectivity index (χ4v) is 2.41. The van der Waals surface area contributed by atoms with Crippen LogP contribution in [0.25, 0.3) is 10.9 Å². The molecule has 0 fully saturated rings. The summed E-state index contributed by atoms with van der Waals surface area (Å²) < 4.78 is 4.73. The van der Waals surface area contributed by atoms with Crippen molar-refractivity contribution in [3.63, 3.8) is 0 Å². The van der Waals surface area contributed by atoms with Crippen LogP contribution in [0.2, 0.25) is 0 Å². The first-order valence-corrected chi connectivity index (χ1v) is 7.45. The molecule has 2 heterocycles. The normalized spacial score (nSPS) is 10.5. The van der Waals surface area contributed by atoms with Crippen LogP contribution < -0.4 is 10.2 Å². The van der Waals surface area contributed by atoms with Gasteiger partial charge in [0.15, 0.2) is 0 Å². The van der Waals surface area contributed by atoms with Crippen LogP contribution in [-0.2, 0) is 4.74 Å². The van der Waals surface area contributed by atoms with Gasteiger partial charge in [-0.15, -0.1) is 0 Å². The molecule has 3 rings (SSSR count). The Labute approximate surface area is 140 Å². The summed E-state index contributed by atoms with van der Waals surface area (Å²) in [6.07, 6.45) is 4.89. The SMILES string of the molecule is COC(=O)c1cncc(Nc2ccnc3ccc(N(C)C)cc23)c1. The summed E-state index contributed by atoms with van der Waals surface area (Å²) in [7, 11) is 5.34. The fraction of sp³-hybridized carbons (Fsp3) is 0.167. The van der Waals surface area contributed by atoms with Crippen LogP contribution in [0.15, 0.2) is 48.9 Å². The topological polar surface area (TPSA) is 67.3 Å². The van der Waals surface area contributed by atoms with Gasteiger partial charge in [0.25, 0.3) is 0 Å². The number of rotatable bonds is 4. The number of hydrogen-bond acceptors (Lipinski definition) is 6. The number of carbonyl (C=O) groups excluding carboxylic acids is 1. The zero-order valence-corrected chi connectivity index (χ0v) is 13.8. The van der Waals surface area contributed by atoms with Crippen molar-refractivity contribution in [1.82, 2.24) is 9.97 Å². The second kappa shape index (κ2) is 6.54. The van der Waals surface area contributed by atoms with Gasteiger partial charge < -0.3 is 15.0 Å². The number of aromatic nitrogens is 2. The van der Waals surface area contributed by atoms with Gasteiger partial charge in [0.05, 0.1) is 30.1 Å². The number of benzene rings is 1. The standard InChI is InChI=1S/C18H18N4O2/c1-22(2)14-4-5-16-15(9-14)17(6-7-20-16)21-13-8-12(10-19-11-13)18(23)24-3/h4-11H,1-3H3,(H,20,21). The number of pyridine rings is 2. The average molecular weight is 322 g/mol. The molecule has 0 aliphatic heterocycles. The number of anilines is 3. The average Bonchev–Trinajstić information content (AvgIpc) is 2.61. The van der Waals surface area contributed by atoms with Gasteiger partial charge in [0, 0.05) is 43.3 Å². The number of hydrogen-bond donors (Lipinski definition) is 1. The summed E-state index contributed by atoms with van der Waals surface area (Å²) in [5, 5.41) is 4.30. The van der Waals surface area contributed by atoms with Crippen LogP contribution in [0.4, 0.5) is 17.1 Å². The Morgan fingerprint density at radius 2 is 2.00 bits per heavy atom. The third-order valence-corrected chi connectivity index (χ3v) is 3.68. The molecule has 2 aromatic heterocycles. The second-order valence-electron chi connectivity index (χ2n) is 5.53. The second-order valence-corrected chi connectivity index (χ2v) is 5.53. The van der Waals surface area contributed by atoms with E-state index in [4.69, 9.17) is 4.74 Å². The van der Waals surface area contributed by atoms with Gasteiger partial charge in [-0.05, 0) is 30.3 Å². The molecule has 0 aliphatic carbocycles. The lowest BCUT2D eigenvalue weighted by Gasteiger charge is -2.15. The molecule has 3 aromatic rings. The van der Waals surface area contributed by atoms with Crippen molar-refractivity contribution in [2.75, 3.05) is 31.4 Å². The van der Waals surface area contributed by atoms with Gasteiger partial charge >= 0.3 is 5.97 Å². The van der Waals surface area contributed by atoms with Crippen molar-refractivity contribution in [3.05, 3.63) is 54.5 Å². The first-order valence-electron chi connectivity index (χ1n) is 7.45. The van der Waals surface area contributed by atoms with E-state index in [0.717, 1.165) is 22.3 Å². The van der Waals surface area contributed by atoms with Gasteiger partial charge in [-0.1, -0.05) is 0 Å². The molecule has 0 aliphatic rings. The summed E-state index contributed by atoms with van der Waals surface area (Å²) in [6.45, 7) is 0. The van der Waals surface area contributed by atoms with Gasteiger partial charge in [-0.2, -0.15) is 0 Å². The third kappa shape index (κ3) is 3.12. The molecule has 0 spiro atoms. The Morgan fingerprint density at radius 3 is 2.75 bits per heavy atom. The Hall–Kier alpha value is -3.15. The Morgan fingerprint density at radius 1 is 1.17 bits per heavy atom. The summed E-state index contributed by atoms with van der Waals surface area (Å²) in [6, 6.07) is 9.69. The summed E-state index contributed by atoms with van der Waals surface area (Å²) in [5.41, 5.74) is 3.98. The minimum absolute atomic E-state index is 0.398. The molecule has 6 nitrogen and oxygen atoms in total. The van der Waals surface area contributed by atoms with Gasteiger partial charge in [-0.25, -0.2) is 4.79 Å². The van der Waals surface area contributed by atoms with Crippen LogP contribution in [0.5, 0.6) is 0 Å². The minimum atomic E-state index is -0.416. The van der Waals surface area contributed by atoms with Crippen molar-refractivity contribution < 1.29 is 9.53 Å². The van der Waals surface area contributed by atoms with E-state index in [-0.39, 0.29) is 0 Å². The summed E-state index contributed by atoms with van der Waals surface area (Å²) >= 11 is 0. The van der Waals surface area contributed by atoms with E-state index in [2.05, 4.69) is 21.4 Å². The van der Waals surface area contributed by atoms with Crippen molar-refractivity contribution >= 4 is 33.9 Å². The number of fused-ring (bicyclic) bond motifs is 1. The quantitative estimate of drug-likeness (QED) is 0.744. The van der Waals surface area contributed by atoms with Crippen molar-refractivity contribution in [2.45, 2.75) is 0 Å². The van der Waals surface area contributed by atoms with E-state index in [1.165, 1.54) is 13.3 Å². The van der Waals surface area contributed by atoms with Crippen molar-refractivity contribution in [3.8, 4) is 0 Å². The lowest BCUT2D eigenvalue weighted by molar-refractivity contribution is 0.0600. The lowest BCUT2D eigenvalue weighted by atomic mass is 10.1. The zero-order valence-electron chi connectivity index (χ0n) is 13.8. The van der Waals surface area contributed by atoms with Crippen LogP contribution in [0.3, 0.4) is 0 Å². The molecule has 0 amide bonds. The number of nitrogens with zero attached hydrogens (tertiary/aromatic N) is 3. The maximum absolute atomic E-state index is 11.6. The van der Waals surface area contributed by atoms with E-state index in [1.807, 2.05) is 37.2 Å². The van der Waals surface area contributed by atoms with Crippen molar-refractivity contribution in [2.24, 2.45) is 0 Å². The maximum Gasteiger partial charge on any atom is 0.339 e. The molecule has 1 aromatic carbocycles. The maximum atomic E-state index is 11.6. The molecule has 0 saturated heterocycles. The van der Waals surface area contributed by atoms with Crippen molar-refractivity contribution in [1.29, 1.82) is 0 Å². The fourth-order valence-electron chi connectivity index (χ4n) is 2.41. The van der Waals surface area contributed by atoms with Gasteiger partial charge in [0.2, 0.25) is 0 Å². The van der Waals surface area contributed by atoms with E-state index in [9.17, 15) is 4.79 Å². The van der Waals surface area contributed by atoms with Gasteiger partial charge in [-0.3, -0.25) is 9.97 Å². The Bertz CT molecular complexity index is 893. The summed E-state index contributed by atoms with van der Waals surface area (Å²) in [4.78, 5) is 22.2. The van der Waals surface area contributed by atoms with E-state index in [1.54, 1.807) is 18.5 Å². The first-order chi connectivity index (χ1) is 11.6. The number of esters is 1. The first kappa shape index (κ1) is 15.7. The molecule has 24 heavy (non-hydrogen) atoms. The molecular weight excluding hydrogens is 304 g/mol. The highest BCUT2D eigenvalue weighted by atomic mass is 16.5. The highest BCUT2D eigenvalue weighted by molar-refractivity contribution is 5.95. The predicted molar refractivity (Wildman–Crippen MR) is 94.9 cm³/mol. The molecule has 6 heteroatoms.